The monoisotopic (exact) mass is 445 g/mol. The Morgan fingerprint density at radius 2 is 1.74 bits per heavy atom. The fraction of sp³-hybridized carbons (Fsp3) is 0.867. The molecule has 0 heterocycles. The number of amides is 2. The zero-order valence-electron chi connectivity index (χ0n) is 16.6. The van der Waals surface area contributed by atoms with Gasteiger partial charge in [0.2, 0.25) is 5.91 Å². The first-order valence-corrected chi connectivity index (χ1v) is 12.3. The summed E-state index contributed by atoms with van der Waals surface area (Å²) in [4.78, 5) is 24.7. The van der Waals surface area contributed by atoms with Crippen LogP contribution in [0.2, 0.25) is 0 Å². The van der Waals surface area contributed by atoms with Gasteiger partial charge in [-0.25, -0.2) is 4.79 Å². The van der Waals surface area contributed by atoms with Crippen LogP contribution in [-0.4, -0.2) is 73.0 Å². The molecular weight excluding hydrogens is 414 g/mol. The molecule has 0 saturated carbocycles. The predicted molar refractivity (Wildman–Crippen MR) is 111 cm³/mol. The third-order valence-electron chi connectivity index (χ3n) is 2.99. The van der Waals surface area contributed by atoms with Crippen LogP contribution in [0, 0.1) is 0 Å². The lowest BCUT2D eigenvalue weighted by Gasteiger charge is -2.33. The number of rotatable bonds is 11. The highest BCUT2D eigenvalue weighted by Crippen LogP contribution is 2.38. The maximum atomic E-state index is 12.6. The molecule has 27 heavy (non-hydrogen) atoms. The van der Waals surface area contributed by atoms with E-state index in [9.17, 15) is 18.0 Å². The Morgan fingerprint density at radius 1 is 1.15 bits per heavy atom. The van der Waals surface area contributed by atoms with Crippen LogP contribution >= 0.6 is 21.6 Å². The van der Waals surface area contributed by atoms with Gasteiger partial charge in [0, 0.05) is 18.8 Å². The summed E-state index contributed by atoms with van der Waals surface area (Å²) in [6, 6.07) is -0.971. The summed E-state index contributed by atoms with van der Waals surface area (Å²) in [7, 11) is 0.625. The first-order chi connectivity index (χ1) is 12.2. The van der Waals surface area contributed by atoms with E-state index in [-0.39, 0.29) is 6.54 Å². The first-order valence-electron chi connectivity index (χ1n) is 8.35. The molecule has 1 unspecified atom stereocenters. The molecule has 0 aromatic heterocycles. The Labute approximate surface area is 169 Å². The fourth-order valence-corrected chi connectivity index (χ4v) is 4.77. The molecule has 0 spiro atoms. The Bertz CT molecular complexity index is 590. The van der Waals surface area contributed by atoms with E-state index in [1.807, 2.05) is 7.05 Å². The number of carbonyl (C=O) groups is 2. The van der Waals surface area contributed by atoms with Crippen LogP contribution in [0.1, 0.15) is 34.6 Å². The van der Waals surface area contributed by atoms with Crippen LogP contribution in [0.3, 0.4) is 0 Å². The van der Waals surface area contributed by atoms with Gasteiger partial charge in [0.1, 0.15) is 11.6 Å². The lowest BCUT2D eigenvalue weighted by molar-refractivity contribution is -0.123. The molecule has 1 atom stereocenters. The van der Waals surface area contributed by atoms with Crippen LogP contribution in [0.25, 0.3) is 0 Å². The number of hydrogen-bond donors (Lipinski definition) is 4. The van der Waals surface area contributed by atoms with Gasteiger partial charge in [-0.1, -0.05) is 21.6 Å². The van der Waals surface area contributed by atoms with Crippen molar-refractivity contribution in [3.05, 3.63) is 0 Å². The van der Waals surface area contributed by atoms with Gasteiger partial charge in [-0.3, -0.25) is 9.35 Å². The largest absolute Gasteiger partial charge is 0.444 e. The lowest BCUT2D eigenvalue weighted by atomic mass is 10.0. The van der Waals surface area contributed by atoms with Crippen molar-refractivity contribution in [1.82, 2.24) is 16.0 Å². The Morgan fingerprint density at radius 3 is 2.22 bits per heavy atom. The van der Waals surface area contributed by atoms with Crippen molar-refractivity contribution in [1.29, 1.82) is 0 Å². The number of carbonyl (C=O) groups excluding carboxylic acids is 2. The molecule has 0 radical (unpaired) electrons. The molecule has 0 fully saturated rings. The van der Waals surface area contributed by atoms with Crippen molar-refractivity contribution < 1.29 is 27.3 Å². The third-order valence-corrected chi connectivity index (χ3v) is 7.00. The van der Waals surface area contributed by atoms with Crippen LogP contribution < -0.4 is 16.0 Å². The maximum Gasteiger partial charge on any atom is 0.408 e. The summed E-state index contributed by atoms with van der Waals surface area (Å²) in [6.07, 6.45) is -0.744. The van der Waals surface area contributed by atoms with E-state index in [1.165, 1.54) is 10.8 Å². The highest BCUT2D eigenvalue weighted by atomic mass is 33.1. The molecule has 0 rings (SSSR count). The molecule has 0 aliphatic rings. The third kappa shape index (κ3) is 13.2. The number of alkyl carbamates (subject to hydrolysis) is 1. The maximum absolute atomic E-state index is 12.6. The first kappa shape index (κ1) is 26.3. The molecule has 160 valence electrons. The minimum atomic E-state index is -4.19. The van der Waals surface area contributed by atoms with Gasteiger partial charge in [0.05, 0.1) is 10.5 Å². The molecule has 2 amide bonds. The SMILES string of the molecule is CNCCSSC(C)(C)C(NC(=O)OC(C)(C)C)C(=O)NCCS(=O)(=O)O. The molecule has 0 aromatic carbocycles. The Balaban J connectivity index is 5.11. The van der Waals surface area contributed by atoms with Gasteiger partial charge in [-0.15, -0.1) is 0 Å². The molecule has 0 bridgehead atoms. The molecule has 0 aromatic rings. The van der Waals surface area contributed by atoms with Crippen molar-refractivity contribution in [3.63, 3.8) is 0 Å². The van der Waals surface area contributed by atoms with Crippen LogP contribution in [0.15, 0.2) is 0 Å². The quantitative estimate of drug-likeness (QED) is 0.211. The van der Waals surface area contributed by atoms with Crippen molar-refractivity contribution in [2.45, 2.75) is 51.0 Å². The zero-order chi connectivity index (χ0) is 21.3. The smallest absolute Gasteiger partial charge is 0.408 e. The van der Waals surface area contributed by atoms with Crippen LogP contribution in [0.4, 0.5) is 4.79 Å². The second-order valence-corrected chi connectivity index (χ2v) is 11.9. The van der Waals surface area contributed by atoms with Crippen molar-refractivity contribution in [2.75, 3.05) is 31.6 Å². The van der Waals surface area contributed by atoms with Gasteiger partial charge >= 0.3 is 6.09 Å². The number of nitrogens with one attached hydrogen (secondary N) is 3. The average Bonchev–Trinajstić information content (AvgIpc) is 2.46. The van der Waals surface area contributed by atoms with Crippen LogP contribution in [-0.2, 0) is 19.6 Å². The summed E-state index contributed by atoms with van der Waals surface area (Å²) < 4.78 is 34.9. The summed E-state index contributed by atoms with van der Waals surface area (Å²) in [5.41, 5.74) is -0.727. The molecular formula is C15H31N3O6S3. The number of ether oxygens (including phenoxy) is 1. The second-order valence-electron chi connectivity index (χ2n) is 7.27. The van der Waals surface area contributed by atoms with E-state index in [1.54, 1.807) is 45.4 Å². The van der Waals surface area contributed by atoms with Gasteiger partial charge in [0.25, 0.3) is 10.1 Å². The topological polar surface area (TPSA) is 134 Å². The standard InChI is InChI=1S/C15H31N3O6S3/c1-14(2,3)24-13(20)18-11(12(19)17-8-10-27(21,22)23)15(4,5)26-25-9-7-16-6/h11,16H,7-10H2,1-6H3,(H,17,19)(H,18,20)(H,21,22,23). The van der Waals surface area contributed by atoms with Crippen molar-refractivity contribution in [2.24, 2.45) is 0 Å². The molecule has 9 nitrogen and oxygen atoms in total. The lowest BCUT2D eigenvalue weighted by Crippen LogP contribution is -2.57. The second kappa shape index (κ2) is 11.3. The van der Waals surface area contributed by atoms with Gasteiger partial charge < -0.3 is 20.7 Å². The summed E-state index contributed by atoms with van der Waals surface area (Å²) in [5.74, 6) is -0.368. The van der Waals surface area contributed by atoms with Crippen LogP contribution in [0.5, 0.6) is 0 Å². The fourth-order valence-electron chi connectivity index (χ4n) is 1.77. The summed E-state index contributed by atoms with van der Waals surface area (Å²) in [5, 5.41) is 8.02. The summed E-state index contributed by atoms with van der Waals surface area (Å²) >= 11 is 0. The van der Waals surface area contributed by atoms with Gasteiger partial charge in [0.15, 0.2) is 0 Å². The van der Waals surface area contributed by atoms with Crippen molar-refractivity contribution in [3.8, 4) is 0 Å². The van der Waals surface area contributed by atoms with Crippen molar-refractivity contribution >= 4 is 43.7 Å². The van der Waals surface area contributed by atoms with E-state index in [2.05, 4.69) is 16.0 Å². The highest BCUT2D eigenvalue weighted by molar-refractivity contribution is 8.77. The van der Waals surface area contributed by atoms with E-state index in [0.29, 0.717) is 0 Å². The molecule has 0 aliphatic heterocycles. The Hall–Kier alpha value is -0.690. The zero-order valence-corrected chi connectivity index (χ0v) is 19.1. The summed E-state index contributed by atoms with van der Waals surface area (Å²) in [6.45, 7) is 9.25. The van der Waals surface area contributed by atoms with Gasteiger partial charge in [-0.2, -0.15) is 8.42 Å². The minimum Gasteiger partial charge on any atom is -0.444 e. The average molecular weight is 446 g/mol. The molecule has 0 saturated heterocycles. The van der Waals surface area contributed by atoms with E-state index >= 15 is 0 Å². The van der Waals surface area contributed by atoms with E-state index in [0.717, 1.165) is 12.3 Å². The predicted octanol–water partition coefficient (Wildman–Crippen LogP) is 1.26. The normalized spacial score (nSPS) is 13.7. The van der Waals surface area contributed by atoms with E-state index < -0.39 is 44.3 Å². The minimum absolute atomic E-state index is 0.266. The Kier molecular flexibility index (Phi) is 11.1. The molecule has 0 aliphatic carbocycles. The van der Waals surface area contributed by atoms with Gasteiger partial charge in [-0.05, 0) is 41.7 Å². The van der Waals surface area contributed by atoms with E-state index in [4.69, 9.17) is 9.29 Å². The molecule has 4 N–H and O–H groups in total. The number of hydrogen-bond acceptors (Lipinski definition) is 8. The molecule has 12 heteroatoms. The highest BCUT2D eigenvalue weighted by Gasteiger charge is 2.38.